The van der Waals surface area contributed by atoms with Crippen molar-refractivity contribution in [2.75, 3.05) is 18.0 Å². The highest BCUT2D eigenvalue weighted by Crippen LogP contribution is 2.37. The summed E-state index contributed by atoms with van der Waals surface area (Å²) in [6.07, 6.45) is 7.13. The van der Waals surface area contributed by atoms with Gasteiger partial charge in [-0.05, 0) is 17.7 Å². The van der Waals surface area contributed by atoms with Crippen molar-refractivity contribution in [3.63, 3.8) is 0 Å². The molecule has 1 aromatic heterocycles. The van der Waals surface area contributed by atoms with Gasteiger partial charge < -0.3 is 14.2 Å². The second kappa shape index (κ2) is 6.82. The van der Waals surface area contributed by atoms with E-state index < -0.39 is 0 Å². The van der Waals surface area contributed by atoms with E-state index >= 15 is 0 Å². The third kappa shape index (κ3) is 3.07. The first kappa shape index (κ1) is 17.0. The van der Waals surface area contributed by atoms with E-state index in [-0.39, 0.29) is 5.60 Å². The third-order valence-electron chi connectivity index (χ3n) is 5.84. The fourth-order valence-electron chi connectivity index (χ4n) is 4.12. The van der Waals surface area contributed by atoms with Crippen molar-refractivity contribution < 1.29 is 4.74 Å². The number of fused-ring (bicyclic) bond motifs is 1. The number of hydrogen-bond donors (Lipinski definition) is 0. The van der Waals surface area contributed by atoms with E-state index in [9.17, 15) is 0 Å². The van der Waals surface area contributed by atoms with E-state index in [4.69, 9.17) is 4.74 Å². The minimum Gasteiger partial charge on any atom is -0.482 e. The lowest BCUT2D eigenvalue weighted by atomic mass is 9.88. The number of ether oxygens (including phenoxy) is 1. The molecule has 0 aliphatic carbocycles. The Morgan fingerprint density at radius 1 is 0.964 bits per heavy atom. The van der Waals surface area contributed by atoms with Crippen molar-refractivity contribution in [1.82, 2.24) is 14.8 Å². The first-order chi connectivity index (χ1) is 13.7. The summed E-state index contributed by atoms with van der Waals surface area (Å²) in [7, 11) is 2.06. The van der Waals surface area contributed by atoms with Crippen molar-refractivity contribution in [2.45, 2.75) is 24.9 Å². The van der Waals surface area contributed by atoms with Gasteiger partial charge in [-0.15, -0.1) is 10.2 Å². The molecule has 1 fully saturated rings. The van der Waals surface area contributed by atoms with Gasteiger partial charge >= 0.3 is 0 Å². The fraction of sp³-hybridized carbons (Fsp3) is 0.304. The zero-order chi connectivity index (χ0) is 19.0. The number of aromatic nitrogens is 3. The molecule has 142 valence electrons. The van der Waals surface area contributed by atoms with Crippen molar-refractivity contribution in [2.24, 2.45) is 7.05 Å². The van der Waals surface area contributed by atoms with Crippen LogP contribution < -0.4 is 9.64 Å². The van der Waals surface area contributed by atoms with Crippen molar-refractivity contribution >= 4 is 12.0 Å². The van der Waals surface area contributed by atoms with Gasteiger partial charge in [-0.2, -0.15) is 0 Å². The molecule has 3 aromatic rings. The zero-order valence-electron chi connectivity index (χ0n) is 16.1. The molecule has 1 spiro atoms. The summed E-state index contributed by atoms with van der Waals surface area (Å²) in [4.78, 5) is 2.32. The maximum Gasteiger partial charge on any atom is 0.226 e. The third-order valence-corrected chi connectivity index (χ3v) is 5.84. The zero-order valence-corrected chi connectivity index (χ0v) is 16.1. The number of nitrogens with zero attached hydrogens (tertiary/aromatic N) is 4. The summed E-state index contributed by atoms with van der Waals surface area (Å²) in [5.74, 6) is 2.92. The summed E-state index contributed by atoms with van der Waals surface area (Å²) in [5, 5.41) is 8.93. The molecule has 5 heteroatoms. The Bertz CT molecular complexity index is 1000. The topological polar surface area (TPSA) is 43.2 Å². The summed E-state index contributed by atoms with van der Waals surface area (Å²) >= 11 is 0. The number of para-hydroxylation sites is 1. The highest BCUT2D eigenvalue weighted by atomic mass is 16.5. The predicted octanol–water partition coefficient (Wildman–Crippen LogP) is 3.85. The van der Waals surface area contributed by atoms with Crippen LogP contribution in [0.15, 0.2) is 60.7 Å². The van der Waals surface area contributed by atoms with Gasteiger partial charge in [0.25, 0.3) is 0 Å². The first-order valence-corrected chi connectivity index (χ1v) is 9.87. The van der Waals surface area contributed by atoms with E-state index in [1.54, 1.807) is 0 Å². The summed E-state index contributed by atoms with van der Waals surface area (Å²) in [6, 6.07) is 18.7. The van der Waals surface area contributed by atoms with Gasteiger partial charge in [0, 0.05) is 45.0 Å². The van der Waals surface area contributed by atoms with Crippen LogP contribution in [0.2, 0.25) is 0 Å². The normalized spacial score (nSPS) is 17.4. The Morgan fingerprint density at radius 3 is 2.54 bits per heavy atom. The molecule has 5 rings (SSSR count). The number of piperidine rings is 1. The first-order valence-electron chi connectivity index (χ1n) is 9.87. The van der Waals surface area contributed by atoms with E-state index in [2.05, 4.69) is 75.3 Å². The Kier molecular flexibility index (Phi) is 4.15. The number of rotatable bonds is 3. The molecule has 2 aromatic carbocycles. The molecule has 0 saturated carbocycles. The van der Waals surface area contributed by atoms with Crippen LogP contribution in [0.25, 0.3) is 6.08 Å². The highest BCUT2D eigenvalue weighted by molar-refractivity contribution is 5.61. The van der Waals surface area contributed by atoms with Crippen LogP contribution in [0.3, 0.4) is 0 Å². The quantitative estimate of drug-likeness (QED) is 0.700. The molecule has 2 aliphatic rings. The molecule has 0 bridgehead atoms. The second-order valence-electron chi connectivity index (χ2n) is 7.66. The van der Waals surface area contributed by atoms with E-state index in [0.29, 0.717) is 0 Å². The molecule has 3 heterocycles. The molecular weight excluding hydrogens is 348 g/mol. The van der Waals surface area contributed by atoms with Crippen LogP contribution in [-0.2, 0) is 13.5 Å². The lowest BCUT2D eigenvalue weighted by Gasteiger charge is -2.42. The Morgan fingerprint density at radius 2 is 1.71 bits per heavy atom. The van der Waals surface area contributed by atoms with Gasteiger partial charge in [0.2, 0.25) is 5.95 Å². The van der Waals surface area contributed by atoms with Crippen LogP contribution in [0.5, 0.6) is 5.75 Å². The lowest BCUT2D eigenvalue weighted by Crippen LogP contribution is -2.48. The van der Waals surface area contributed by atoms with Gasteiger partial charge in [0.05, 0.1) is 0 Å². The van der Waals surface area contributed by atoms with Crippen molar-refractivity contribution in [3.8, 4) is 5.75 Å². The minimum absolute atomic E-state index is 0.198. The van der Waals surface area contributed by atoms with Crippen molar-refractivity contribution in [3.05, 3.63) is 77.6 Å². The maximum atomic E-state index is 6.40. The van der Waals surface area contributed by atoms with Gasteiger partial charge in [0.15, 0.2) is 0 Å². The summed E-state index contributed by atoms with van der Waals surface area (Å²) < 4.78 is 8.53. The molecular formula is C23H24N4O. The van der Waals surface area contributed by atoms with Gasteiger partial charge in [0.1, 0.15) is 17.2 Å². The maximum absolute atomic E-state index is 6.40. The van der Waals surface area contributed by atoms with Gasteiger partial charge in [-0.1, -0.05) is 54.6 Å². The summed E-state index contributed by atoms with van der Waals surface area (Å²) in [6.45, 7) is 1.81. The average Bonchev–Trinajstić information content (AvgIpc) is 3.09. The molecule has 0 amide bonds. The van der Waals surface area contributed by atoms with Crippen LogP contribution >= 0.6 is 0 Å². The van der Waals surface area contributed by atoms with Crippen LogP contribution in [0.1, 0.15) is 29.8 Å². The summed E-state index contributed by atoms with van der Waals surface area (Å²) in [5.41, 5.74) is 2.21. The van der Waals surface area contributed by atoms with Gasteiger partial charge in [-0.25, -0.2) is 0 Å². The standard InChI is InChI=1S/C23H24N4O/c1-26-21(17-18-7-3-2-4-8-18)24-25-22(26)27-15-13-23(14-16-27)12-11-19-9-5-6-10-20(19)28-23/h2-12H,13-17H2,1H3. The molecule has 5 nitrogen and oxygen atoms in total. The largest absolute Gasteiger partial charge is 0.482 e. The molecule has 2 aliphatic heterocycles. The molecule has 1 saturated heterocycles. The van der Waals surface area contributed by atoms with Crippen LogP contribution in [-0.4, -0.2) is 33.5 Å². The van der Waals surface area contributed by atoms with E-state index in [0.717, 1.165) is 55.4 Å². The number of benzene rings is 2. The fourth-order valence-corrected chi connectivity index (χ4v) is 4.12. The Balaban J connectivity index is 1.29. The number of anilines is 1. The van der Waals surface area contributed by atoms with E-state index in [1.807, 2.05) is 18.2 Å². The lowest BCUT2D eigenvalue weighted by molar-refractivity contribution is 0.0888. The second-order valence-corrected chi connectivity index (χ2v) is 7.66. The Hall–Kier alpha value is -3.08. The Labute approximate surface area is 165 Å². The van der Waals surface area contributed by atoms with Crippen LogP contribution in [0.4, 0.5) is 5.95 Å². The molecule has 0 atom stereocenters. The predicted molar refractivity (Wildman–Crippen MR) is 111 cm³/mol. The smallest absolute Gasteiger partial charge is 0.226 e. The van der Waals surface area contributed by atoms with Crippen molar-refractivity contribution in [1.29, 1.82) is 0 Å². The van der Waals surface area contributed by atoms with Gasteiger partial charge in [-0.3, -0.25) is 0 Å². The SMILES string of the molecule is Cn1c(Cc2ccccc2)nnc1N1CCC2(C=Cc3ccccc3O2)CC1. The highest BCUT2D eigenvalue weighted by Gasteiger charge is 2.37. The van der Waals surface area contributed by atoms with E-state index in [1.165, 1.54) is 5.56 Å². The molecule has 0 radical (unpaired) electrons. The average molecular weight is 372 g/mol. The monoisotopic (exact) mass is 372 g/mol. The molecule has 0 unspecified atom stereocenters. The minimum atomic E-state index is -0.198. The number of hydrogen-bond acceptors (Lipinski definition) is 4. The molecule has 28 heavy (non-hydrogen) atoms. The van der Waals surface area contributed by atoms with Crippen LogP contribution in [0, 0.1) is 0 Å². The molecule has 0 N–H and O–H groups in total.